The second kappa shape index (κ2) is 11.7. The Morgan fingerprint density at radius 2 is 1.71 bits per heavy atom. The van der Waals surface area contributed by atoms with E-state index in [9.17, 15) is 0 Å². The van der Waals surface area contributed by atoms with Gasteiger partial charge in [-0.1, -0.05) is 38.1 Å². The molecule has 1 rings (SSSR count). The molecule has 0 heterocycles. The van der Waals surface area contributed by atoms with Crippen LogP contribution in [0.5, 0.6) is 0 Å². The van der Waals surface area contributed by atoms with Gasteiger partial charge in [0.25, 0.3) is 0 Å². The van der Waals surface area contributed by atoms with E-state index < -0.39 is 0 Å². The van der Waals surface area contributed by atoms with Crippen molar-refractivity contribution in [1.82, 2.24) is 15.5 Å². The molecule has 0 saturated carbocycles. The van der Waals surface area contributed by atoms with E-state index in [0.29, 0.717) is 6.54 Å². The Hall–Kier alpha value is -0.820. The highest BCUT2D eigenvalue weighted by Crippen LogP contribution is 2.10. The lowest BCUT2D eigenvalue weighted by Gasteiger charge is -2.23. The van der Waals surface area contributed by atoms with Crippen molar-refractivity contribution in [1.29, 1.82) is 0 Å². The molecule has 0 aromatic heterocycles. The summed E-state index contributed by atoms with van der Waals surface area (Å²) in [4.78, 5) is 7.13. The zero-order valence-electron chi connectivity index (χ0n) is 16.1. The standard InChI is InChI=1S/C19H34N4.HI/c1-7-20-18(22-19(4,5)6)21-14-16-11-10-12-17(13-16)15-23(8-2)9-3;/h10-13H,7-9,14-15H2,1-6H3,(H2,20,21,22);1H. The van der Waals surface area contributed by atoms with E-state index in [1.54, 1.807) is 0 Å². The third-order valence-corrected chi connectivity index (χ3v) is 3.55. The summed E-state index contributed by atoms with van der Waals surface area (Å²) in [6.45, 7) is 17.7. The lowest BCUT2D eigenvalue weighted by Crippen LogP contribution is -2.47. The van der Waals surface area contributed by atoms with E-state index >= 15 is 0 Å². The summed E-state index contributed by atoms with van der Waals surface area (Å²) in [5.41, 5.74) is 2.61. The van der Waals surface area contributed by atoms with Crippen LogP contribution in [0.15, 0.2) is 29.3 Å². The summed E-state index contributed by atoms with van der Waals surface area (Å²) in [7, 11) is 0. The van der Waals surface area contributed by atoms with Crippen molar-refractivity contribution in [2.75, 3.05) is 19.6 Å². The summed E-state index contributed by atoms with van der Waals surface area (Å²) in [6.07, 6.45) is 0. The lowest BCUT2D eigenvalue weighted by atomic mass is 10.1. The monoisotopic (exact) mass is 446 g/mol. The van der Waals surface area contributed by atoms with Crippen molar-refractivity contribution < 1.29 is 0 Å². The number of hydrogen-bond donors (Lipinski definition) is 2. The normalized spacial score (nSPS) is 12.0. The number of nitrogens with one attached hydrogen (secondary N) is 2. The van der Waals surface area contributed by atoms with Crippen molar-refractivity contribution >= 4 is 29.9 Å². The van der Waals surface area contributed by atoms with Gasteiger partial charge in [0.05, 0.1) is 6.54 Å². The van der Waals surface area contributed by atoms with Gasteiger partial charge in [-0.3, -0.25) is 4.90 Å². The Bertz CT molecular complexity index is 490. The zero-order chi connectivity index (χ0) is 17.3. The Balaban J connectivity index is 0.00000529. The molecule has 0 unspecified atom stereocenters. The fourth-order valence-corrected chi connectivity index (χ4v) is 2.36. The Labute approximate surface area is 165 Å². The highest BCUT2D eigenvalue weighted by atomic mass is 127. The van der Waals surface area contributed by atoms with Gasteiger partial charge in [-0.25, -0.2) is 4.99 Å². The molecule has 0 radical (unpaired) electrons. The van der Waals surface area contributed by atoms with Gasteiger partial charge in [0, 0.05) is 18.6 Å². The molecule has 0 fully saturated rings. The van der Waals surface area contributed by atoms with Crippen LogP contribution in [0, 0.1) is 0 Å². The van der Waals surface area contributed by atoms with Crippen LogP contribution in [0.1, 0.15) is 52.7 Å². The van der Waals surface area contributed by atoms with Crippen molar-refractivity contribution in [2.45, 2.75) is 60.2 Å². The van der Waals surface area contributed by atoms with Crippen molar-refractivity contribution in [3.05, 3.63) is 35.4 Å². The first kappa shape index (κ1) is 23.2. The second-order valence-corrected chi connectivity index (χ2v) is 6.85. The third kappa shape index (κ3) is 9.47. The van der Waals surface area contributed by atoms with Crippen LogP contribution in [0.25, 0.3) is 0 Å². The number of benzene rings is 1. The van der Waals surface area contributed by atoms with Crippen molar-refractivity contribution in [3.63, 3.8) is 0 Å². The maximum atomic E-state index is 4.71. The van der Waals surface area contributed by atoms with Crippen LogP contribution in [0.4, 0.5) is 0 Å². The van der Waals surface area contributed by atoms with Crippen LogP contribution in [0.2, 0.25) is 0 Å². The summed E-state index contributed by atoms with van der Waals surface area (Å²) in [5.74, 6) is 0.870. The first-order chi connectivity index (χ1) is 10.9. The van der Waals surface area contributed by atoms with Crippen LogP contribution in [-0.2, 0) is 13.1 Å². The average Bonchev–Trinajstić information content (AvgIpc) is 2.49. The molecule has 0 spiro atoms. The predicted molar refractivity (Wildman–Crippen MR) is 116 cm³/mol. The molecule has 138 valence electrons. The van der Waals surface area contributed by atoms with E-state index in [2.05, 4.69) is 81.3 Å². The molecule has 1 aromatic rings. The minimum Gasteiger partial charge on any atom is -0.357 e. The van der Waals surface area contributed by atoms with Gasteiger partial charge in [0.2, 0.25) is 0 Å². The van der Waals surface area contributed by atoms with Crippen molar-refractivity contribution in [3.8, 4) is 0 Å². The van der Waals surface area contributed by atoms with E-state index in [-0.39, 0.29) is 29.5 Å². The minimum atomic E-state index is 0. The zero-order valence-corrected chi connectivity index (χ0v) is 18.5. The SMILES string of the molecule is CCNC(=NCc1cccc(CN(CC)CC)c1)NC(C)(C)C.I. The highest BCUT2D eigenvalue weighted by Gasteiger charge is 2.11. The molecule has 1 aromatic carbocycles. The van der Waals surface area contributed by atoms with Gasteiger partial charge in [-0.15, -0.1) is 24.0 Å². The van der Waals surface area contributed by atoms with Crippen LogP contribution in [-0.4, -0.2) is 36.0 Å². The Kier molecular flexibility index (Phi) is 11.3. The molecule has 0 saturated heterocycles. The predicted octanol–water partition coefficient (Wildman–Crippen LogP) is 4.00. The topological polar surface area (TPSA) is 39.7 Å². The van der Waals surface area contributed by atoms with Gasteiger partial charge in [0.1, 0.15) is 0 Å². The molecule has 0 aliphatic carbocycles. The maximum absolute atomic E-state index is 4.71. The van der Waals surface area contributed by atoms with E-state index in [1.165, 1.54) is 11.1 Å². The molecule has 0 amide bonds. The lowest BCUT2D eigenvalue weighted by molar-refractivity contribution is 0.296. The van der Waals surface area contributed by atoms with Gasteiger partial charge in [-0.2, -0.15) is 0 Å². The molecule has 24 heavy (non-hydrogen) atoms. The smallest absolute Gasteiger partial charge is 0.191 e. The number of aliphatic imine (C=N–C) groups is 1. The number of rotatable bonds is 7. The molecule has 4 nitrogen and oxygen atoms in total. The number of hydrogen-bond acceptors (Lipinski definition) is 2. The van der Waals surface area contributed by atoms with Crippen LogP contribution >= 0.6 is 24.0 Å². The molecule has 2 N–H and O–H groups in total. The highest BCUT2D eigenvalue weighted by molar-refractivity contribution is 14.0. The Morgan fingerprint density at radius 1 is 1.08 bits per heavy atom. The fraction of sp³-hybridized carbons (Fsp3) is 0.632. The quantitative estimate of drug-likeness (QED) is 0.378. The minimum absolute atomic E-state index is 0. The molecular weight excluding hydrogens is 411 g/mol. The maximum Gasteiger partial charge on any atom is 0.191 e. The second-order valence-electron chi connectivity index (χ2n) is 6.85. The summed E-state index contributed by atoms with van der Waals surface area (Å²) >= 11 is 0. The van der Waals surface area contributed by atoms with Gasteiger partial charge < -0.3 is 10.6 Å². The van der Waals surface area contributed by atoms with E-state index in [0.717, 1.165) is 32.1 Å². The Morgan fingerprint density at radius 3 is 2.25 bits per heavy atom. The summed E-state index contributed by atoms with van der Waals surface area (Å²) in [6, 6.07) is 8.75. The number of guanidine groups is 1. The first-order valence-corrected chi connectivity index (χ1v) is 8.74. The molecule has 0 aliphatic heterocycles. The fourth-order valence-electron chi connectivity index (χ4n) is 2.36. The third-order valence-electron chi connectivity index (χ3n) is 3.55. The number of nitrogens with zero attached hydrogens (tertiary/aromatic N) is 2. The molecular formula is C19H35IN4. The molecule has 0 aliphatic rings. The summed E-state index contributed by atoms with van der Waals surface area (Å²) in [5, 5.41) is 6.73. The average molecular weight is 446 g/mol. The van der Waals surface area contributed by atoms with Gasteiger partial charge in [-0.05, 0) is 51.9 Å². The largest absolute Gasteiger partial charge is 0.357 e. The molecule has 5 heteroatoms. The van der Waals surface area contributed by atoms with Gasteiger partial charge in [0.15, 0.2) is 5.96 Å². The number of halogens is 1. The molecule has 0 bridgehead atoms. The van der Waals surface area contributed by atoms with Crippen LogP contribution in [0.3, 0.4) is 0 Å². The first-order valence-electron chi connectivity index (χ1n) is 8.74. The van der Waals surface area contributed by atoms with Crippen LogP contribution < -0.4 is 10.6 Å². The molecule has 0 atom stereocenters. The van der Waals surface area contributed by atoms with E-state index in [4.69, 9.17) is 4.99 Å². The van der Waals surface area contributed by atoms with Gasteiger partial charge >= 0.3 is 0 Å². The van der Waals surface area contributed by atoms with Crippen molar-refractivity contribution in [2.24, 2.45) is 4.99 Å². The van der Waals surface area contributed by atoms with E-state index in [1.807, 2.05) is 0 Å². The summed E-state index contributed by atoms with van der Waals surface area (Å²) < 4.78 is 0.